The van der Waals surface area contributed by atoms with E-state index in [1.807, 2.05) is 13.8 Å². The van der Waals surface area contributed by atoms with Crippen molar-refractivity contribution in [2.24, 2.45) is 41.4 Å². The largest absolute Gasteiger partial charge is 0.462 e. The molecule has 2 saturated carbocycles. The smallest absolute Gasteiger partial charge is 0.338 e. The van der Waals surface area contributed by atoms with E-state index in [1.54, 1.807) is 31.2 Å². The normalized spacial score (nSPS) is 32.6. The minimum atomic E-state index is -0.896. The van der Waals surface area contributed by atoms with Gasteiger partial charge in [0.15, 0.2) is 0 Å². The van der Waals surface area contributed by atoms with Gasteiger partial charge in [-0.15, -0.1) is 0 Å². The summed E-state index contributed by atoms with van der Waals surface area (Å²) in [5.74, 6) is -0.324. The van der Waals surface area contributed by atoms with Gasteiger partial charge < -0.3 is 10.1 Å². The number of esters is 1. The summed E-state index contributed by atoms with van der Waals surface area (Å²) >= 11 is 0. The van der Waals surface area contributed by atoms with Crippen LogP contribution in [-0.4, -0.2) is 41.2 Å². The maximum absolute atomic E-state index is 13.2. The fourth-order valence-corrected chi connectivity index (χ4v) is 5.74. The van der Waals surface area contributed by atoms with Gasteiger partial charge in [0.1, 0.15) is 6.04 Å². The molecule has 32 heavy (non-hydrogen) atoms. The lowest BCUT2D eigenvalue weighted by Crippen LogP contribution is -2.46. The van der Waals surface area contributed by atoms with Gasteiger partial charge >= 0.3 is 5.97 Å². The van der Waals surface area contributed by atoms with E-state index in [2.05, 4.69) is 17.5 Å². The molecule has 3 amide bonds. The zero-order valence-electron chi connectivity index (χ0n) is 18.5. The molecule has 4 aliphatic carbocycles. The van der Waals surface area contributed by atoms with Crippen molar-refractivity contribution in [3.8, 4) is 0 Å². The first-order valence-corrected chi connectivity index (χ1v) is 11.4. The molecule has 7 nitrogen and oxygen atoms in total. The van der Waals surface area contributed by atoms with Crippen molar-refractivity contribution in [3.63, 3.8) is 0 Å². The Bertz CT molecular complexity index is 978. The van der Waals surface area contributed by atoms with Crippen LogP contribution in [0.25, 0.3) is 0 Å². The monoisotopic (exact) mass is 436 g/mol. The highest BCUT2D eigenvalue weighted by molar-refractivity contribution is 6.10. The fourth-order valence-electron chi connectivity index (χ4n) is 5.74. The van der Waals surface area contributed by atoms with E-state index in [4.69, 9.17) is 4.74 Å². The molecule has 1 aliphatic heterocycles. The van der Waals surface area contributed by atoms with Crippen LogP contribution in [0, 0.1) is 41.4 Å². The molecule has 7 atom stereocenters. The number of carbonyl (C=O) groups excluding carboxylic acids is 4. The number of benzene rings is 1. The number of carbonyl (C=O) groups is 4. The van der Waals surface area contributed by atoms with Crippen LogP contribution in [0.15, 0.2) is 36.4 Å². The average Bonchev–Trinajstić information content (AvgIpc) is 3.55. The van der Waals surface area contributed by atoms with Crippen molar-refractivity contribution in [3.05, 3.63) is 42.0 Å². The number of rotatable bonds is 6. The molecule has 1 aromatic carbocycles. The Labute approximate surface area is 187 Å². The number of hydrogen-bond donors (Lipinski definition) is 1. The molecule has 0 spiro atoms. The van der Waals surface area contributed by atoms with E-state index < -0.39 is 17.9 Å². The highest BCUT2D eigenvalue weighted by Crippen LogP contribution is 2.65. The van der Waals surface area contributed by atoms with Crippen LogP contribution in [0.4, 0.5) is 5.69 Å². The zero-order chi connectivity index (χ0) is 22.7. The summed E-state index contributed by atoms with van der Waals surface area (Å²) in [5.41, 5.74) is 0.883. The van der Waals surface area contributed by atoms with Crippen molar-refractivity contribution in [2.75, 3.05) is 11.9 Å². The molecule has 7 unspecified atom stereocenters. The Balaban J connectivity index is 1.24. The summed E-state index contributed by atoms with van der Waals surface area (Å²) in [4.78, 5) is 52.5. The molecule has 5 aliphatic rings. The van der Waals surface area contributed by atoms with Crippen molar-refractivity contribution >= 4 is 29.4 Å². The van der Waals surface area contributed by atoms with Crippen molar-refractivity contribution < 1.29 is 23.9 Å². The van der Waals surface area contributed by atoms with Gasteiger partial charge in [0.2, 0.25) is 17.7 Å². The van der Waals surface area contributed by atoms with E-state index in [-0.39, 0.29) is 41.4 Å². The first-order valence-electron chi connectivity index (χ1n) is 11.4. The van der Waals surface area contributed by atoms with E-state index in [9.17, 15) is 19.2 Å². The van der Waals surface area contributed by atoms with E-state index in [0.717, 1.165) is 6.42 Å². The van der Waals surface area contributed by atoms with Crippen molar-refractivity contribution in [1.29, 1.82) is 0 Å². The van der Waals surface area contributed by atoms with Crippen LogP contribution >= 0.6 is 0 Å². The average molecular weight is 437 g/mol. The number of amides is 3. The Morgan fingerprint density at radius 2 is 1.56 bits per heavy atom. The quantitative estimate of drug-likeness (QED) is 0.421. The highest BCUT2D eigenvalue weighted by atomic mass is 16.5. The van der Waals surface area contributed by atoms with Crippen LogP contribution in [0.1, 0.15) is 37.6 Å². The molecular weight excluding hydrogens is 408 g/mol. The van der Waals surface area contributed by atoms with Crippen molar-refractivity contribution in [2.45, 2.75) is 33.2 Å². The number of imide groups is 1. The van der Waals surface area contributed by atoms with Gasteiger partial charge in [-0.2, -0.15) is 0 Å². The predicted octanol–water partition coefficient (Wildman–Crippen LogP) is 2.88. The maximum atomic E-state index is 13.2. The molecule has 2 bridgehead atoms. The second-order valence-corrected chi connectivity index (χ2v) is 9.94. The van der Waals surface area contributed by atoms with Gasteiger partial charge in [-0.3, -0.25) is 19.3 Å². The summed E-state index contributed by atoms with van der Waals surface area (Å²) in [5, 5.41) is 2.76. The summed E-state index contributed by atoms with van der Waals surface area (Å²) < 4.78 is 5.21. The van der Waals surface area contributed by atoms with E-state index in [0.29, 0.717) is 29.7 Å². The molecule has 6 rings (SSSR count). The third-order valence-electron chi connectivity index (χ3n) is 7.40. The number of anilines is 1. The van der Waals surface area contributed by atoms with Gasteiger partial charge in [0, 0.05) is 5.69 Å². The fraction of sp³-hybridized carbons (Fsp3) is 0.520. The Morgan fingerprint density at radius 1 is 1.00 bits per heavy atom. The van der Waals surface area contributed by atoms with Crippen LogP contribution in [0.3, 0.4) is 0 Å². The van der Waals surface area contributed by atoms with Crippen LogP contribution in [-0.2, 0) is 19.1 Å². The van der Waals surface area contributed by atoms with Crippen LogP contribution < -0.4 is 5.32 Å². The molecule has 1 heterocycles. The molecule has 168 valence electrons. The number of hydrogen-bond acceptors (Lipinski definition) is 5. The second kappa shape index (κ2) is 7.57. The number of likely N-dealkylation sites (tertiary alicyclic amines) is 1. The highest BCUT2D eigenvalue weighted by Gasteiger charge is 2.67. The molecule has 3 fully saturated rings. The SMILES string of the molecule is CC(C)COC(=O)c1ccc(NC(=O)C(C)N2C(=O)C3C4C=CC(C5CC45)C3C2=O)cc1. The molecule has 1 N–H and O–H groups in total. The number of nitrogens with zero attached hydrogens (tertiary/aromatic N) is 1. The van der Waals surface area contributed by atoms with Gasteiger partial charge in [-0.05, 0) is 67.2 Å². The lowest BCUT2D eigenvalue weighted by molar-refractivity contribution is -0.146. The first kappa shape index (κ1) is 20.9. The third-order valence-corrected chi connectivity index (χ3v) is 7.40. The van der Waals surface area contributed by atoms with Crippen LogP contribution in [0.5, 0.6) is 0 Å². The third kappa shape index (κ3) is 3.26. The first-order chi connectivity index (χ1) is 15.3. The number of nitrogens with one attached hydrogen (secondary N) is 1. The number of ether oxygens (including phenoxy) is 1. The molecule has 1 saturated heterocycles. The lowest BCUT2D eigenvalue weighted by Gasteiger charge is -2.37. The molecular formula is C25H28N2O5. The Kier molecular flexibility index (Phi) is 4.95. The standard InChI is InChI=1S/C25H28N2O5/c1-12(2)11-32-25(31)14-4-6-15(7-5-14)26-22(28)13(3)27-23(29)20-16-8-9-17(19-10-18(16)19)21(20)24(27)30/h4-9,12-13,16-21H,10-11H2,1-3H3,(H,26,28). The molecule has 1 aromatic rings. The van der Waals surface area contributed by atoms with Crippen LogP contribution in [0.2, 0.25) is 0 Å². The molecule has 7 heteroatoms. The van der Waals surface area contributed by atoms with E-state index in [1.165, 1.54) is 4.90 Å². The molecule has 0 radical (unpaired) electrons. The maximum Gasteiger partial charge on any atom is 0.338 e. The summed E-state index contributed by atoms with van der Waals surface area (Å²) in [6.45, 7) is 5.85. The lowest BCUT2D eigenvalue weighted by atomic mass is 9.63. The van der Waals surface area contributed by atoms with Gasteiger partial charge in [-0.1, -0.05) is 26.0 Å². The Hall–Kier alpha value is -2.96. The summed E-state index contributed by atoms with van der Waals surface area (Å²) in [6.07, 6.45) is 5.34. The Morgan fingerprint density at radius 3 is 2.09 bits per heavy atom. The second-order valence-electron chi connectivity index (χ2n) is 9.94. The zero-order valence-corrected chi connectivity index (χ0v) is 18.5. The van der Waals surface area contributed by atoms with Gasteiger partial charge in [0.05, 0.1) is 24.0 Å². The van der Waals surface area contributed by atoms with Gasteiger partial charge in [0.25, 0.3) is 0 Å². The minimum absolute atomic E-state index is 0.134. The summed E-state index contributed by atoms with van der Waals surface area (Å²) in [6, 6.07) is 5.49. The minimum Gasteiger partial charge on any atom is -0.462 e. The van der Waals surface area contributed by atoms with Crippen molar-refractivity contribution in [1.82, 2.24) is 4.90 Å². The van der Waals surface area contributed by atoms with Gasteiger partial charge in [-0.25, -0.2) is 4.79 Å². The topological polar surface area (TPSA) is 92.8 Å². The van der Waals surface area contributed by atoms with E-state index >= 15 is 0 Å². The summed E-state index contributed by atoms with van der Waals surface area (Å²) in [7, 11) is 0. The number of allylic oxidation sites excluding steroid dienone is 2. The molecule has 0 aromatic heterocycles. The predicted molar refractivity (Wildman–Crippen MR) is 116 cm³/mol.